The molecule has 0 unspecified atom stereocenters. The summed E-state index contributed by atoms with van der Waals surface area (Å²) in [7, 11) is 0. The first kappa shape index (κ1) is 17.6. The number of furan rings is 1. The highest BCUT2D eigenvalue weighted by molar-refractivity contribution is 5.96. The highest BCUT2D eigenvalue weighted by atomic mass is 16.5. The molecule has 2 aromatic rings. The summed E-state index contributed by atoms with van der Waals surface area (Å²) in [6.45, 7) is 7.66. The Morgan fingerprint density at radius 3 is 2.25 bits per heavy atom. The molecule has 0 aliphatic heterocycles. The van der Waals surface area contributed by atoms with Crippen LogP contribution in [0.3, 0.4) is 0 Å². The fourth-order valence-electron chi connectivity index (χ4n) is 2.39. The number of rotatable bonds is 5. The van der Waals surface area contributed by atoms with Crippen LogP contribution in [0.25, 0.3) is 0 Å². The second-order valence-electron chi connectivity index (χ2n) is 5.75. The molecule has 0 saturated heterocycles. The summed E-state index contributed by atoms with van der Waals surface area (Å²) in [5.74, 6) is 1.15. The predicted octanol–water partition coefficient (Wildman–Crippen LogP) is 2.74. The average molecular weight is 330 g/mol. The topological polar surface area (TPSA) is 80.6 Å². The van der Waals surface area contributed by atoms with Crippen LogP contribution in [0, 0.1) is 27.7 Å². The number of hydrogen-bond acceptors (Lipinski definition) is 4. The maximum absolute atomic E-state index is 11.9. The lowest BCUT2D eigenvalue weighted by atomic mass is 10.1. The Labute approximate surface area is 141 Å². The van der Waals surface area contributed by atoms with Gasteiger partial charge in [-0.1, -0.05) is 6.07 Å². The van der Waals surface area contributed by atoms with Gasteiger partial charge in [0, 0.05) is 0 Å². The van der Waals surface area contributed by atoms with Crippen LogP contribution in [0.15, 0.2) is 28.7 Å². The van der Waals surface area contributed by atoms with Crippen LogP contribution in [0.4, 0.5) is 0 Å². The van der Waals surface area contributed by atoms with E-state index in [0.29, 0.717) is 17.1 Å². The predicted molar refractivity (Wildman–Crippen MR) is 89.8 cm³/mol. The van der Waals surface area contributed by atoms with Crippen molar-refractivity contribution in [2.24, 2.45) is 0 Å². The minimum absolute atomic E-state index is 0.136. The van der Waals surface area contributed by atoms with Gasteiger partial charge in [0.05, 0.1) is 18.6 Å². The molecule has 0 aliphatic rings. The zero-order valence-corrected chi connectivity index (χ0v) is 14.4. The largest absolute Gasteiger partial charge is 0.493 e. The lowest BCUT2D eigenvalue weighted by Gasteiger charge is -2.09. The molecule has 1 aromatic heterocycles. The van der Waals surface area contributed by atoms with Crippen molar-refractivity contribution >= 4 is 11.8 Å². The zero-order valence-electron chi connectivity index (χ0n) is 14.4. The SMILES string of the molecule is Cc1cc(C)cc(OCCC(=O)NNC(=O)c2cc(C)oc2C)c1. The van der Waals surface area contributed by atoms with Gasteiger partial charge in [-0.3, -0.25) is 20.4 Å². The van der Waals surface area contributed by atoms with Crippen LogP contribution in [0.5, 0.6) is 5.75 Å². The van der Waals surface area contributed by atoms with E-state index in [9.17, 15) is 9.59 Å². The summed E-state index contributed by atoms with van der Waals surface area (Å²) in [5, 5.41) is 0. The molecule has 0 fully saturated rings. The number of hydrazine groups is 1. The number of aryl methyl sites for hydroxylation is 4. The van der Waals surface area contributed by atoms with Crippen molar-refractivity contribution < 1.29 is 18.7 Å². The number of benzene rings is 1. The molecular formula is C18H22N2O4. The molecule has 128 valence electrons. The van der Waals surface area contributed by atoms with Crippen molar-refractivity contribution in [1.29, 1.82) is 0 Å². The van der Waals surface area contributed by atoms with Crippen LogP contribution < -0.4 is 15.6 Å². The second kappa shape index (κ2) is 7.68. The third-order valence-corrected chi connectivity index (χ3v) is 3.39. The molecule has 1 aromatic carbocycles. The van der Waals surface area contributed by atoms with Gasteiger partial charge in [0.15, 0.2) is 0 Å². The first-order valence-corrected chi connectivity index (χ1v) is 7.72. The molecule has 1 heterocycles. The molecule has 0 atom stereocenters. The van der Waals surface area contributed by atoms with Gasteiger partial charge in [-0.05, 0) is 57.0 Å². The molecule has 24 heavy (non-hydrogen) atoms. The van der Waals surface area contributed by atoms with Gasteiger partial charge in [0.25, 0.3) is 5.91 Å². The third kappa shape index (κ3) is 4.87. The van der Waals surface area contributed by atoms with Crippen LogP contribution in [0.1, 0.15) is 39.4 Å². The van der Waals surface area contributed by atoms with E-state index in [1.54, 1.807) is 19.9 Å². The molecule has 0 bridgehead atoms. The Hall–Kier alpha value is -2.76. The second-order valence-corrected chi connectivity index (χ2v) is 5.75. The Morgan fingerprint density at radius 2 is 1.67 bits per heavy atom. The number of amides is 2. The van der Waals surface area contributed by atoms with Crippen LogP contribution >= 0.6 is 0 Å². The first-order valence-electron chi connectivity index (χ1n) is 7.72. The van der Waals surface area contributed by atoms with Crippen molar-refractivity contribution in [3.63, 3.8) is 0 Å². The summed E-state index contributed by atoms with van der Waals surface area (Å²) in [6, 6.07) is 7.50. The Bertz CT molecular complexity index is 729. The lowest BCUT2D eigenvalue weighted by Crippen LogP contribution is -2.42. The summed E-state index contributed by atoms with van der Waals surface area (Å²) >= 11 is 0. The number of carbonyl (C=O) groups excluding carboxylic acids is 2. The van der Waals surface area contributed by atoms with Gasteiger partial charge < -0.3 is 9.15 Å². The molecular weight excluding hydrogens is 308 g/mol. The fraction of sp³-hybridized carbons (Fsp3) is 0.333. The first-order chi connectivity index (χ1) is 11.3. The van der Waals surface area contributed by atoms with Crippen LogP contribution in [-0.4, -0.2) is 18.4 Å². The highest BCUT2D eigenvalue weighted by Crippen LogP contribution is 2.16. The Kier molecular flexibility index (Phi) is 5.63. The van der Waals surface area contributed by atoms with E-state index in [1.807, 2.05) is 26.0 Å². The van der Waals surface area contributed by atoms with Crippen molar-refractivity contribution in [1.82, 2.24) is 10.9 Å². The van der Waals surface area contributed by atoms with Gasteiger partial charge >= 0.3 is 0 Å². The van der Waals surface area contributed by atoms with E-state index < -0.39 is 5.91 Å². The average Bonchev–Trinajstić information content (AvgIpc) is 2.82. The van der Waals surface area contributed by atoms with Gasteiger partial charge in [-0.15, -0.1) is 0 Å². The van der Waals surface area contributed by atoms with Crippen LogP contribution in [0.2, 0.25) is 0 Å². The summed E-state index contributed by atoms with van der Waals surface area (Å²) in [5.41, 5.74) is 7.34. The maximum atomic E-state index is 11.9. The molecule has 2 N–H and O–H groups in total. The van der Waals surface area contributed by atoms with Gasteiger partial charge in [0.1, 0.15) is 17.3 Å². The minimum atomic E-state index is -0.409. The summed E-state index contributed by atoms with van der Waals surface area (Å²) in [6.07, 6.45) is 0.136. The number of ether oxygens (including phenoxy) is 1. The van der Waals surface area contributed by atoms with Crippen LogP contribution in [-0.2, 0) is 4.79 Å². The molecule has 2 rings (SSSR count). The number of hydrogen-bond donors (Lipinski definition) is 2. The van der Waals surface area contributed by atoms with Gasteiger partial charge in [-0.25, -0.2) is 0 Å². The lowest BCUT2D eigenvalue weighted by molar-refractivity contribution is -0.122. The molecule has 0 spiro atoms. The smallest absolute Gasteiger partial charge is 0.273 e. The van der Waals surface area contributed by atoms with E-state index in [2.05, 4.69) is 16.9 Å². The third-order valence-electron chi connectivity index (χ3n) is 3.39. The Morgan fingerprint density at radius 1 is 1.00 bits per heavy atom. The quantitative estimate of drug-likeness (QED) is 0.826. The van der Waals surface area contributed by atoms with E-state index in [-0.39, 0.29) is 18.9 Å². The van der Waals surface area contributed by atoms with E-state index in [1.165, 1.54) is 0 Å². The molecule has 0 saturated carbocycles. The molecule has 0 aliphatic carbocycles. The number of nitrogens with one attached hydrogen (secondary N) is 2. The van der Waals surface area contributed by atoms with E-state index in [4.69, 9.17) is 9.15 Å². The molecule has 6 heteroatoms. The molecule has 6 nitrogen and oxygen atoms in total. The highest BCUT2D eigenvalue weighted by Gasteiger charge is 2.14. The maximum Gasteiger partial charge on any atom is 0.273 e. The minimum Gasteiger partial charge on any atom is -0.493 e. The van der Waals surface area contributed by atoms with E-state index >= 15 is 0 Å². The van der Waals surface area contributed by atoms with Gasteiger partial charge in [0.2, 0.25) is 5.91 Å². The monoisotopic (exact) mass is 330 g/mol. The Balaban J connectivity index is 1.75. The molecule has 0 radical (unpaired) electrons. The zero-order chi connectivity index (χ0) is 17.7. The standard InChI is InChI=1S/C18H22N2O4/c1-11-7-12(2)9-15(8-11)23-6-5-17(21)19-20-18(22)16-10-13(3)24-14(16)4/h7-10H,5-6H2,1-4H3,(H,19,21)(H,20,22). The van der Waals surface area contributed by atoms with Crippen molar-refractivity contribution in [3.8, 4) is 5.75 Å². The van der Waals surface area contributed by atoms with Gasteiger partial charge in [-0.2, -0.15) is 0 Å². The van der Waals surface area contributed by atoms with Crippen molar-refractivity contribution in [2.45, 2.75) is 34.1 Å². The van der Waals surface area contributed by atoms with Crippen molar-refractivity contribution in [2.75, 3.05) is 6.61 Å². The number of carbonyl (C=O) groups is 2. The van der Waals surface area contributed by atoms with Crippen molar-refractivity contribution in [3.05, 3.63) is 52.5 Å². The fourth-order valence-corrected chi connectivity index (χ4v) is 2.39. The van der Waals surface area contributed by atoms with E-state index in [0.717, 1.165) is 16.9 Å². The normalized spacial score (nSPS) is 10.3. The summed E-state index contributed by atoms with van der Waals surface area (Å²) in [4.78, 5) is 23.7. The molecule has 2 amide bonds. The summed E-state index contributed by atoms with van der Waals surface area (Å²) < 4.78 is 10.8.